The first-order valence-corrected chi connectivity index (χ1v) is 9.81. The zero-order valence-corrected chi connectivity index (χ0v) is 17.1. The third-order valence-corrected chi connectivity index (χ3v) is 6.08. The molecule has 1 aromatic rings. The molecule has 0 saturated heterocycles. The summed E-state index contributed by atoms with van der Waals surface area (Å²) in [5, 5.41) is 5.89. The summed E-state index contributed by atoms with van der Waals surface area (Å²) in [6.45, 7) is 2.76. The second-order valence-corrected chi connectivity index (χ2v) is 8.05. The molecule has 1 saturated carbocycles. The Morgan fingerprint density at radius 1 is 1.36 bits per heavy atom. The van der Waals surface area contributed by atoms with E-state index in [1.807, 2.05) is 19.1 Å². The Morgan fingerprint density at radius 2 is 2.00 bits per heavy atom. The van der Waals surface area contributed by atoms with Gasteiger partial charge in [-0.15, -0.1) is 0 Å². The van der Waals surface area contributed by atoms with Gasteiger partial charge in [-0.1, -0.05) is 18.5 Å². The molecular formula is C20H26ClN3O4. The second kappa shape index (κ2) is 7.99. The fraction of sp³-hybridized carbons (Fsp3) is 0.550. The monoisotopic (exact) mass is 407 g/mol. The Morgan fingerprint density at radius 3 is 2.54 bits per heavy atom. The Bertz CT molecular complexity index is 796. The molecule has 1 heterocycles. The molecule has 0 radical (unpaired) electrons. The number of likely N-dealkylation sites (N-methyl/N-ethyl adjacent to an activating group) is 1. The first kappa shape index (κ1) is 20.5. The summed E-state index contributed by atoms with van der Waals surface area (Å²) in [7, 11) is 3.11. The van der Waals surface area contributed by atoms with E-state index in [1.165, 1.54) is 0 Å². The molecule has 1 aliphatic carbocycles. The van der Waals surface area contributed by atoms with Gasteiger partial charge in [0.05, 0.1) is 12.1 Å². The number of carbonyl (C=O) groups excluding carboxylic acids is 3. The summed E-state index contributed by atoms with van der Waals surface area (Å²) < 4.78 is 5.26. The summed E-state index contributed by atoms with van der Waals surface area (Å²) in [5.74, 6) is -0.0648. The van der Waals surface area contributed by atoms with Crippen LogP contribution in [-0.4, -0.2) is 42.8 Å². The molecule has 0 bridgehead atoms. The average molecular weight is 408 g/mol. The van der Waals surface area contributed by atoms with Crippen LogP contribution >= 0.6 is 11.6 Å². The molecule has 152 valence electrons. The second-order valence-electron chi connectivity index (χ2n) is 7.64. The van der Waals surface area contributed by atoms with Gasteiger partial charge in [0.1, 0.15) is 11.3 Å². The highest BCUT2D eigenvalue weighted by molar-refractivity contribution is 6.32. The summed E-state index contributed by atoms with van der Waals surface area (Å²) >= 11 is 6.20. The highest BCUT2D eigenvalue weighted by Crippen LogP contribution is 2.43. The summed E-state index contributed by atoms with van der Waals surface area (Å²) in [6.07, 6.45) is 2.56. The molecule has 8 heteroatoms. The van der Waals surface area contributed by atoms with Gasteiger partial charge in [-0.2, -0.15) is 0 Å². The molecule has 1 aromatic carbocycles. The number of carbonyl (C=O) groups is 3. The maximum absolute atomic E-state index is 13.1. The highest BCUT2D eigenvalue weighted by atomic mass is 35.5. The minimum atomic E-state index is -1.04. The van der Waals surface area contributed by atoms with E-state index in [4.69, 9.17) is 16.3 Å². The number of nitrogens with one attached hydrogen (secondary N) is 2. The number of amides is 3. The lowest BCUT2D eigenvalue weighted by atomic mass is 9.82. The quantitative estimate of drug-likeness (QED) is 0.644. The number of nitrogens with zero attached hydrogens (tertiary/aromatic N) is 1. The molecule has 7 nitrogen and oxygen atoms in total. The zero-order valence-electron chi connectivity index (χ0n) is 16.4. The number of rotatable bonds is 8. The van der Waals surface area contributed by atoms with Gasteiger partial charge in [0.2, 0.25) is 18.2 Å². The van der Waals surface area contributed by atoms with Crippen LogP contribution < -0.4 is 15.4 Å². The van der Waals surface area contributed by atoms with Crippen molar-refractivity contribution in [2.75, 3.05) is 14.2 Å². The van der Waals surface area contributed by atoms with Crippen LogP contribution in [0.5, 0.6) is 5.75 Å². The van der Waals surface area contributed by atoms with Gasteiger partial charge in [0.15, 0.2) is 0 Å². The van der Waals surface area contributed by atoms with Gasteiger partial charge >= 0.3 is 0 Å². The van der Waals surface area contributed by atoms with Gasteiger partial charge < -0.3 is 20.3 Å². The Kier molecular flexibility index (Phi) is 5.84. The van der Waals surface area contributed by atoms with Crippen molar-refractivity contribution in [1.29, 1.82) is 0 Å². The highest BCUT2D eigenvalue weighted by Gasteiger charge is 2.52. The Balaban J connectivity index is 1.75. The molecule has 0 spiro atoms. The normalized spacial score (nSPS) is 18.6. The van der Waals surface area contributed by atoms with Crippen LogP contribution in [0.1, 0.15) is 37.3 Å². The van der Waals surface area contributed by atoms with E-state index in [9.17, 15) is 14.4 Å². The van der Waals surface area contributed by atoms with Crippen molar-refractivity contribution in [3.8, 4) is 5.75 Å². The molecule has 2 atom stereocenters. The van der Waals surface area contributed by atoms with Gasteiger partial charge in [-0.05, 0) is 48.4 Å². The molecule has 1 aliphatic heterocycles. The number of benzene rings is 1. The van der Waals surface area contributed by atoms with Gasteiger partial charge in [0.25, 0.3) is 0 Å². The number of hydrogen-bond donors (Lipinski definition) is 2. The lowest BCUT2D eigenvalue weighted by molar-refractivity contribution is -0.139. The maximum atomic E-state index is 13.1. The molecule has 1 fully saturated rings. The smallest absolute Gasteiger partial charge is 0.245 e. The predicted molar refractivity (Wildman–Crippen MR) is 105 cm³/mol. The van der Waals surface area contributed by atoms with E-state index in [2.05, 4.69) is 10.6 Å². The fourth-order valence-electron chi connectivity index (χ4n) is 4.18. The molecular weight excluding hydrogens is 382 g/mol. The van der Waals surface area contributed by atoms with Crippen LogP contribution in [0.25, 0.3) is 0 Å². The van der Waals surface area contributed by atoms with E-state index in [-0.39, 0.29) is 24.2 Å². The molecule has 28 heavy (non-hydrogen) atoms. The molecule has 2 aliphatic rings. The van der Waals surface area contributed by atoms with Crippen molar-refractivity contribution in [3.63, 3.8) is 0 Å². The summed E-state index contributed by atoms with van der Waals surface area (Å²) in [5.41, 5.74) is 0.967. The fourth-order valence-corrected chi connectivity index (χ4v) is 4.45. The van der Waals surface area contributed by atoms with Crippen molar-refractivity contribution in [3.05, 3.63) is 28.3 Å². The van der Waals surface area contributed by atoms with Crippen molar-refractivity contribution >= 4 is 29.8 Å². The number of halogens is 1. The van der Waals surface area contributed by atoms with Gasteiger partial charge in [-0.3, -0.25) is 14.4 Å². The van der Waals surface area contributed by atoms with Crippen molar-refractivity contribution < 1.29 is 19.1 Å². The van der Waals surface area contributed by atoms with Crippen LogP contribution in [0.2, 0.25) is 5.02 Å². The van der Waals surface area contributed by atoms with Gasteiger partial charge in [-0.25, -0.2) is 0 Å². The summed E-state index contributed by atoms with van der Waals surface area (Å²) in [4.78, 5) is 38.7. The Labute approximate surface area is 169 Å². The molecule has 3 amide bonds. The topological polar surface area (TPSA) is 87.7 Å². The minimum Gasteiger partial charge on any atom is -0.495 e. The van der Waals surface area contributed by atoms with Crippen molar-refractivity contribution in [2.45, 2.75) is 44.8 Å². The third kappa shape index (κ3) is 3.68. The predicted octanol–water partition coefficient (Wildman–Crippen LogP) is 1.86. The van der Waals surface area contributed by atoms with E-state index in [1.54, 1.807) is 19.1 Å². The maximum Gasteiger partial charge on any atom is 0.245 e. The number of hydrogen-bond acceptors (Lipinski definition) is 4. The molecule has 2 unspecified atom stereocenters. The van der Waals surface area contributed by atoms with Crippen LogP contribution in [-0.2, 0) is 27.5 Å². The van der Waals surface area contributed by atoms with Gasteiger partial charge in [0, 0.05) is 26.1 Å². The SMILES string of the molecule is CNC(=O)C(CC(C)C(=O)N1Cc2cc(Cl)c(OC)cc2C1)(NC=O)C1CC1. The third-order valence-electron chi connectivity index (χ3n) is 5.78. The van der Waals surface area contributed by atoms with Crippen molar-refractivity contribution in [2.24, 2.45) is 11.8 Å². The van der Waals surface area contributed by atoms with Crippen LogP contribution in [0.3, 0.4) is 0 Å². The lowest BCUT2D eigenvalue weighted by Gasteiger charge is -2.34. The largest absolute Gasteiger partial charge is 0.495 e. The lowest BCUT2D eigenvalue weighted by Crippen LogP contribution is -2.59. The van der Waals surface area contributed by atoms with Crippen LogP contribution in [0.4, 0.5) is 0 Å². The summed E-state index contributed by atoms with van der Waals surface area (Å²) in [6, 6.07) is 3.70. The van der Waals surface area contributed by atoms with Crippen LogP contribution in [0.15, 0.2) is 12.1 Å². The van der Waals surface area contributed by atoms with E-state index >= 15 is 0 Å². The Hall–Kier alpha value is -2.28. The first-order valence-electron chi connectivity index (χ1n) is 9.43. The number of ether oxygens (including phenoxy) is 1. The van der Waals surface area contributed by atoms with E-state index in [0.29, 0.717) is 30.3 Å². The minimum absolute atomic E-state index is 0.0482. The zero-order chi connectivity index (χ0) is 20.5. The van der Waals surface area contributed by atoms with E-state index < -0.39 is 11.5 Å². The van der Waals surface area contributed by atoms with E-state index in [0.717, 1.165) is 24.0 Å². The molecule has 0 aromatic heterocycles. The van der Waals surface area contributed by atoms with Crippen molar-refractivity contribution in [1.82, 2.24) is 15.5 Å². The standard InChI is InChI=1S/C20H26ClN3O4/c1-12(8-20(23-11-25,15-4-5-15)19(27)22-2)18(26)24-9-13-6-16(21)17(28-3)7-14(13)10-24/h6-7,11-12,15H,4-5,8-10H2,1-3H3,(H,22,27)(H,23,25). The average Bonchev–Trinajstić information content (AvgIpc) is 3.46. The number of fused-ring (bicyclic) bond motifs is 1. The van der Waals surface area contributed by atoms with Crippen LogP contribution in [0, 0.1) is 11.8 Å². The molecule has 2 N–H and O–H groups in total. The first-order chi connectivity index (χ1) is 13.4. The molecule has 3 rings (SSSR count). The number of methoxy groups -OCH3 is 1.